The number of benzene rings is 1. The maximum Gasteiger partial charge on any atom is 0.237 e. The van der Waals surface area contributed by atoms with Crippen LogP contribution in [-0.2, 0) is 4.79 Å². The van der Waals surface area contributed by atoms with Crippen molar-refractivity contribution in [3.63, 3.8) is 0 Å². The second kappa shape index (κ2) is 6.14. The van der Waals surface area contributed by atoms with Crippen molar-refractivity contribution >= 4 is 5.91 Å². The summed E-state index contributed by atoms with van der Waals surface area (Å²) in [7, 11) is 0. The lowest BCUT2D eigenvalue weighted by Gasteiger charge is -2.35. The maximum atomic E-state index is 13.1. The van der Waals surface area contributed by atoms with Crippen LogP contribution in [-0.4, -0.2) is 11.9 Å². The molecule has 1 unspecified atom stereocenters. The Morgan fingerprint density at radius 2 is 1.52 bits per heavy atom. The van der Waals surface area contributed by atoms with Gasteiger partial charge in [0.1, 0.15) is 5.82 Å². The molecule has 0 saturated heterocycles. The van der Waals surface area contributed by atoms with Crippen LogP contribution in [0.5, 0.6) is 0 Å². The van der Waals surface area contributed by atoms with Crippen LogP contribution in [0.25, 0.3) is 0 Å². The molecule has 1 aromatic rings. The molecule has 3 N–H and O–H groups in total. The number of nitrogens with one attached hydrogen (secondary N) is 1. The molecule has 0 saturated carbocycles. The molecular formula is C17H27FN2O. The summed E-state index contributed by atoms with van der Waals surface area (Å²) >= 11 is 0. The van der Waals surface area contributed by atoms with E-state index in [1.807, 2.05) is 41.5 Å². The van der Waals surface area contributed by atoms with Gasteiger partial charge in [0.25, 0.3) is 0 Å². The number of carbonyl (C=O) groups is 1. The third kappa shape index (κ3) is 4.81. The van der Waals surface area contributed by atoms with Crippen LogP contribution in [0, 0.1) is 16.6 Å². The van der Waals surface area contributed by atoms with Crippen LogP contribution in [0.1, 0.15) is 53.1 Å². The van der Waals surface area contributed by atoms with Crippen molar-refractivity contribution in [2.75, 3.05) is 0 Å². The maximum absolute atomic E-state index is 13.1. The first-order valence-electron chi connectivity index (χ1n) is 7.24. The minimum Gasteiger partial charge on any atom is -0.347 e. The molecule has 1 rings (SSSR count). The summed E-state index contributed by atoms with van der Waals surface area (Å²) in [6.07, 6.45) is 0. The zero-order valence-electron chi connectivity index (χ0n) is 13.8. The van der Waals surface area contributed by atoms with E-state index < -0.39 is 6.04 Å². The van der Waals surface area contributed by atoms with Crippen LogP contribution >= 0.6 is 0 Å². The number of nitrogens with two attached hydrogens (primary N) is 1. The van der Waals surface area contributed by atoms with Crippen molar-refractivity contribution in [1.29, 1.82) is 0 Å². The lowest BCUT2D eigenvalue weighted by Crippen LogP contribution is -2.51. The minimum absolute atomic E-state index is 0.188. The molecule has 0 bridgehead atoms. The highest BCUT2D eigenvalue weighted by Gasteiger charge is 2.33. The molecule has 0 aliphatic rings. The van der Waals surface area contributed by atoms with E-state index in [1.165, 1.54) is 12.1 Å². The molecule has 1 aromatic carbocycles. The Bertz CT molecular complexity index is 483. The van der Waals surface area contributed by atoms with E-state index in [-0.39, 0.29) is 28.6 Å². The average molecular weight is 294 g/mol. The van der Waals surface area contributed by atoms with Gasteiger partial charge in [0.05, 0.1) is 12.1 Å². The summed E-state index contributed by atoms with van der Waals surface area (Å²) in [5, 5.41) is 3.01. The van der Waals surface area contributed by atoms with Crippen molar-refractivity contribution < 1.29 is 9.18 Å². The summed E-state index contributed by atoms with van der Waals surface area (Å²) in [6, 6.07) is 5.40. The van der Waals surface area contributed by atoms with Gasteiger partial charge in [-0.3, -0.25) is 4.79 Å². The summed E-state index contributed by atoms with van der Waals surface area (Å²) in [5.74, 6) is -0.476. The molecule has 0 spiro atoms. The average Bonchev–Trinajstić information content (AvgIpc) is 2.33. The lowest BCUT2D eigenvalue weighted by atomic mass is 9.81. The van der Waals surface area contributed by atoms with Gasteiger partial charge < -0.3 is 11.1 Å². The zero-order valence-corrected chi connectivity index (χ0v) is 13.8. The first-order chi connectivity index (χ1) is 9.43. The van der Waals surface area contributed by atoms with E-state index in [2.05, 4.69) is 5.32 Å². The molecule has 3 nitrogen and oxygen atoms in total. The Hall–Kier alpha value is -1.42. The summed E-state index contributed by atoms with van der Waals surface area (Å²) in [6.45, 7) is 11.9. The van der Waals surface area contributed by atoms with Gasteiger partial charge in [-0.15, -0.1) is 0 Å². The Morgan fingerprint density at radius 3 is 1.90 bits per heavy atom. The van der Waals surface area contributed by atoms with Gasteiger partial charge in [0.15, 0.2) is 0 Å². The predicted octanol–water partition coefficient (Wildman–Crippen LogP) is 3.40. The van der Waals surface area contributed by atoms with Crippen molar-refractivity contribution in [3.8, 4) is 0 Å². The fraction of sp³-hybridized carbons (Fsp3) is 0.588. The van der Waals surface area contributed by atoms with Crippen molar-refractivity contribution in [1.82, 2.24) is 5.32 Å². The van der Waals surface area contributed by atoms with Gasteiger partial charge in [-0.1, -0.05) is 53.7 Å². The summed E-state index contributed by atoms with van der Waals surface area (Å²) in [4.78, 5) is 12.4. The molecule has 2 atom stereocenters. The number of carbonyl (C=O) groups excluding carboxylic acids is 1. The SMILES string of the molecule is CC(C)(C)C(NC(=O)[C@@H](N)C(C)(C)C)c1ccc(F)cc1. The van der Waals surface area contributed by atoms with E-state index in [4.69, 9.17) is 5.73 Å². The standard InChI is InChI=1S/C17H27FN2O/c1-16(2,3)13(19)15(21)20-14(17(4,5)6)11-7-9-12(18)10-8-11/h7-10,13-14H,19H2,1-6H3,(H,20,21)/t13-,14?/m1/s1. The number of hydrogen-bond acceptors (Lipinski definition) is 2. The summed E-state index contributed by atoms with van der Waals surface area (Å²) < 4.78 is 13.1. The molecule has 0 aromatic heterocycles. The van der Waals surface area contributed by atoms with E-state index in [9.17, 15) is 9.18 Å². The van der Waals surface area contributed by atoms with Crippen LogP contribution in [0.4, 0.5) is 4.39 Å². The molecule has 0 fully saturated rings. The quantitative estimate of drug-likeness (QED) is 0.897. The van der Waals surface area contributed by atoms with Crippen molar-refractivity contribution in [2.45, 2.75) is 53.6 Å². The third-order valence-corrected chi connectivity index (χ3v) is 3.57. The van der Waals surface area contributed by atoms with Gasteiger partial charge in [0.2, 0.25) is 5.91 Å². The van der Waals surface area contributed by atoms with Gasteiger partial charge in [0, 0.05) is 0 Å². The van der Waals surface area contributed by atoms with Crippen LogP contribution in [0.15, 0.2) is 24.3 Å². The van der Waals surface area contributed by atoms with Crippen LogP contribution < -0.4 is 11.1 Å². The largest absolute Gasteiger partial charge is 0.347 e. The van der Waals surface area contributed by atoms with Gasteiger partial charge in [-0.25, -0.2) is 4.39 Å². The minimum atomic E-state index is -0.595. The van der Waals surface area contributed by atoms with E-state index >= 15 is 0 Å². The molecule has 118 valence electrons. The van der Waals surface area contributed by atoms with Gasteiger partial charge in [-0.2, -0.15) is 0 Å². The number of amides is 1. The first-order valence-corrected chi connectivity index (χ1v) is 7.24. The zero-order chi connectivity index (χ0) is 16.4. The number of hydrogen-bond donors (Lipinski definition) is 2. The van der Waals surface area contributed by atoms with Crippen molar-refractivity contribution in [2.24, 2.45) is 16.6 Å². The highest BCUT2D eigenvalue weighted by molar-refractivity contribution is 5.82. The fourth-order valence-electron chi connectivity index (χ4n) is 2.08. The molecule has 0 heterocycles. The molecule has 0 aliphatic heterocycles. The second-order valence-corrected chi connectivity index (χ2v) is 7.70. The van der Waals surface area contributed by atoms with Crippen molar-refractivity contribution in [3.05, 3.63) is 35.6 Å². The highest BCUT2D eigenvalue weighted by atomic mass is 19.1. The fourth-order valence-corrected chi connectivity index (χ4v) is 2.08. The molecule has 1 amide bonds. The predicted molar refractivity (Wildman–Crippen MR) is 84.2 cm³/mol. The molecule has 0 aliphatic carbocycles. The highest BCUT2D eigenvalue weighted by Crippen LogP contribution is 2.33. The smallest absolute Gasteiger partial charge is 0.237 e. The molecular weight excluding hydrogens is 267 g/mol. The van der Waals surface area contributed by atoms with Crippen LogP contribution in [0.3, 0.4) is 0 Å². The first kappa shape index (κ1) is 17.6. The topological polar surface area (TPSA) is 55.1 Å². The third-order valence-electron chi connectivity index (χ3n) is 3.57. The van der Waals surface area contributed by atoms with E-state index in [0.29, 0.717) is 0 Å². The Morgan fingerprint density at radius 1 is 1.05 bits per heavy atom. The lowest BCUT2D eigenvalue weighted by molar-refractivity contribution is -0.126. The number of halogens is 1. The summed E-state index contributed by atoms with van der Waals surface area (Å²) in [5.41, 5.74) is 6.38. The van der Waals surface area contributed by atoms with Gasteiger partial charge >= 0.3 is 0 Å². The molecule has 21 heavy (non-hydrogen) atoms. The second-order valence-electron chi connectivity index (χ2n) is 7.70. The Labute approximate surface area is 127 Å². The monoisotopic (exact) mass is 294 g/mol. The normalized spacial score (nSPS) is 15.4. The van der Waals surface area contributed by atoms with E-state index in [0.717, 1.165) is 5.56 Å². The molecule has 4 heteroatoms. The van der Waals surface area contributed by atoms with Crippen LogP contribution in [0.2, 0.25) is 0 Å². The Kier molecular flexibility index (Phi) is 5.16. The van der Waals surface area contributed by atoms with E-state index in [1.54, 1.807) is 12.1 Å². The molecule has 0 radical (unpaired) electrons. The Balaban J connectivity index is 3.01. The number of rotatable bonds is 3. The van der Waals surface area contributed by atoms with Gasteiger partial charge in [-0.05, 0) is 28.5 Å².